The molecule has 4 rings (SSSR count). The summed E-state index contributed by atoms with van der Waals surface area (Å²) >= 11 is 1.29. The van der Waals surface area contributed by atoms with Crippen molar-refractivity contribution in [1.29, 1.82) is 0 Å². The highest BCUT2D eigenvalue weighted by atomic mass is 32.1. The molecular weight excluding hydrogens is 386 g/mol. The van der Waals surface area contributed by atoms with E-state index in [-0.39, 0.29) is 16.8 Å². The number of carbonyl (C=O) groups excluding carboxylic acids is 1. The van der Waals surface area contributed by atoms with Crippen LogP contribution in [-0.2, 0) is 7.05 Å². The molecule has 0 spiro atoms. The second-order valence-electron chi connectivity index (χ2n) is 5.97. The van der Waals surface area contributed by atoms with Crippen LogP contribution in [0.1, 0.15) is 10.4 Å². The van der Waals surface area contributed by atoms with E-state index in [4.69, 9.17) is 4.74 Å². The second-order valence-corrected chi connectivity index (χ2v) is 7.00. The van der Waals surface area contributed by atoms with Crippen LogP contribution in [-0.4, -0.2) is 27.8 Å². The van der Waals surface area contributed by atoms with Crippen molar-refractivity contribution >= 4 is 32.6 Å². The number of rotatable bonds is 4. The highest BCUT2D eigenvalue weighted by molar-refractivity contribution is 7.22. The molecule has 1 N–H and O–H groups in total. The zero-order chi connectivity index (χ0) is 19.8. The lowest BCUT2D eigenvalue weighted by Gasteiger charge is -2.04. The number of hydrogen-bond acceptors (Lipinski definition) is 5. The Hall–Kier alpha value is -3.33. The van der Waals surface area contributed by atoms with Gasteiger partial charge in [-0.15, -0.1) is 0 Å². The van der Waals surface area contributed by atoms with Crippen molar-refractivity contribution in [3.8, 4) is 17.0 Å². The standard InChI is InChI=1S/C19H14F2N4O2S/c1-25-9-12(16(24-25)11-7-6-10(20)8-13(11)21)18(26)23-19-22-17-14(27-2)4-3-5-15(17)28-19/h3-9H,1-2H3,(H,22,23,26). The molecule has 2 heterocycles. The molecule has 28 heavy (non-hydrogen) atoms. The van der Waals surface area contributed by atoms with Gasteiger partial charge < -0.3 is 4.74 Å². The van der Waals surface area contributed by atoms with Gasteiger partial charge in [0, 0.05) is 24.9 Å². The van der Waals surface area contributed by atoms with Crippen LogP contribution in [0.4, 0.5) is 13.9 Å². The molecule has 0 fully saturated rings. The Kier molecular flexibility index (Phi) is 4.52. The highest BCUT2D eigenvalue weighted by Crippen LogP contribution is 2.33. The van der Waals surface area contributed by atoms with Gasteiger partial charge in [0.1, 0.15) is 28.6 Å². The van der Waals surface area contributed by atoms with Crippen LogP contribution in [0, 0.1) is 11.6 Å². The molecule has 0 saturated carbocycles. The van der Waals surface area contributed by atoms with Crippen molar-refractivity contribution in [3.05, 3.63) is 59.8 Å². The zero-order valence-electron chi connectivity index (χ0n) is 14.9. The minimum absolute atomic E-state index is 0.0399. The van der Waals surface area contributed by atoms with Crippen molar-refractivity contribution < 1.29 is 18.3 Å². The molecule has 1 amide bonds. The molecule has 0 unspecified atom stereocenters. The topological polar surface area (TPSA) is 69.0 Å². The summed E-state index contributed by atoms with van der Waals surface area (Å²) in [4.78, 5) is 17.2. The first-order chi connectivity index (χ1) is 13.5. The average Bonchev–Trinajstić information content (AvgIpc) is 3.24. The number of fused-ring (bicyclic) bond motifs is 1. The number of halogens is 2. The summed E-state index contributed by atoms with van der Waals surface area (Å²) < 4.78 is 34.9. The smallest absolute Gasteiger partial charge is 0.261 e. The molecule has 0 bridgehead atoms. The van der Waals surface area contributed by atoms with E-state index in [1.165, 1.54) is 28.3 Å². The minimum atomic E-state index is -0.794. The van der Waals surface area contributed by atoms with Crippen molar-refractivity contribution in [1.82, 2.24) is 14.8 Å². The van der Waals surface area contributed by atoms with E-state index in [0.717, 1.165) is 16.8 Å². The number of anilines is 1. The van der Waals surface area contributed by atoms with Crippen molar-refractivity contribution in [2.75, 3.05) is 12.4 Å². The lowest BCUT2D eigenvalue weighted by Crippen LogP contribution is -2.12. The monoisotopic (exact) mass is 400 g/mol. The summed E-state index contributed by atoms with van der Waals surface area (Å²) in [6.07, 6.45) is 1.47. The van der Waals surface area contributed by atoms with Gasteiger partial charge in [0.05, 0.1) is 17.4 Å². The molecule has 0 saturated heterocycles. The fourth-order valence-electron chi connectivity index (χ4n) is 2.84. The molecular formula is C19H14F2N4O2S. The molecule has 9 heteroatoms. The number of nitrogens with one attached hydrogen (secondary N) is 1. The Bertz CT molecular complexity index is 1200. The first kappa shape index (κ1) is 18.1. The Labute approximate surface area is 162 Å². The first-order valence-electron chi connectivity index (χ1n) is 8.20. The normalized spacial score (nSPS) is 11.0. The van der Waals surface area contributed by atoms with Crippen LogP contribution in [0.15, 0.2) is 42.6 Å². The Morgan fingerprint density at radius 3 is 2.82 bits per heavy atom. The quantitative estimate of drug-likeness (QED) is 0.556. The number of nitrogens with zero attached hydrogens (tertiary/aromatic N) is 3. The maximum atomic E-state index is 14.2. The number of benzene rings is 2. The van der Waals surface area contributed by atoms with Gasteiger partial charge in [0.15, 0.2) is 5.13 Å². The number of aromatic nitrogens is 3. The molecule has 6 nitrogen and oxygen atoms in total. The Morgan fingerprint density at radius 1 is 1.25 bits per heavy atom. The van der Waals surface area contributed by atoms with Crippen molar-refractivity contribution in [2.24, 2.45) is 7.05 Å². The molecule has 0 aliphatic heterocycles. The van der Waals surface area contributed by atoms with E-state index in [0.29, 0.717) is 16.4 Å². The fourth-order valence-corrected chi connectivity index (χ4v) is 3.72. The third-order valence-corrected chi connectivity index (χ3v) is 5.02. The number of thiazole rings is 1. The van der Waals surface area contributed by atoms with E-state index in [1.54, 1.807) is 20.2 Å². The maximum absolute atomic E-state index is 14.2. The van der Waals surface area contributed by atoms with Crippen LogP contribution < -0.4 is 10.1 Å². The van der Waals surface area contributed by atoms with Gasteiger partial charge in [-0.3, -0.25) is 14.8 Å². The molecule has 2 aromatic heterocycles. The molecule has 4 aromatic rings. The number of hydrogen-bond donors (Lipinski definition) is 1. The summed E-state index contributed by atoms with van der Waals surface area (Å²) in [6.45, 7) is 0. The van der Waals surface area contributed by atoms with Gasteiger partial charge >= 0.3 is 0 Å². The lowest BCUT2D eigenvalue weighted by atomic mass is 10.1. The van der Waals surface area contributed by atoms with E-state index in [2.05, 4.69) is 15.4 Å². The Balaban J connectivity index is 1.70. The van der Waals surface area contributed by atoms with E-state index in [1.807, 2.05) is 12.1 Å². The van der Waals surface area contributed by atoms with Crippen LogP contribution >= 0.6 is 11.3 Å². The first-order valence-corrected chi connectivity index (χ1v) is 9.02. The van der Waals surface area contributed by atoms with E-state index < -0.39 is 17.5 Å². The van der Waals surface area contributed by atoms with Crippen LogP contribution in [0.2, 0.25) is 0 Å². The maximum Gasteiger partial charge on any atom is 0.261 e. The number of ether oxygens (including phenoxy) is 1. The summed E-state index contributed by atoms with van der Waals surface area (Å²) in [6, 6.07) is 8.62. The molecule has 0 aliphatic rings. The summed E-state index contributed by atoms with van der Waals surface area (Å²) in [5, 5.41) is 7.25. The summed E-state index contributed by atoms with van der Waals surface area (Å²) in [5.74, 6) is -1.39. The SMILES string of the molecule is COc1cccc2sc(NC(=O)c3cn(C)nc3-c3ccc(F)cc3F)nc12. The van der Waals surface area contributed by atoms with Gasteiger partial charge in [0.2, 0.25) is 0 Å². The number of aryl methyl sites for hydroxylation is 1. The van der Waals surface area contributed by atoms with Gasteiger partial charge in [0.25, 0.3) is 5.91 Å². The number of carbonyl (C=O) groups is 1. The number of amides is 1. The van der Waals surface area contributed by atoms with Crippen LogP contribution in [0.3, 0.4) is 0 Å². The van der Waals surface area contributed by atoms with E-state index in [9.17, 15) is 13.6 Å². The van der Waals surface area contributed by atoms with Gasteiger partial charge in [-0.25, -0.2) is 13.8 Å². The predicted molar refractivity (Wildman–Crippen MR) is 103 cm³/mol. The highest BCUT2D eigenvalue weighted by Gasteiger charge is 2.21. The summed E-state index contributed by atoms with van der Waals surface area (Å²) in [5.41, 5.74) is 0.954. The zero-order valence-corrected chi connectivity index (χ0v) is 15.7. The van der Waals surface area contributed by atoms with Crippen LogP contribution in [0.5, 0.6) is 5.75 Å². The Morgan fingerprint density at radius 2 is 2.07 bits per heavy atom. The lowest BCUT2D eigenvalue weighted by molar-refractivity contribution is 0.102. The van der Waals surface area contributed by atoms with Gasteiger partial charge in [-0.05, 0) is 24.3 Å². The van der Waals surface area contributed by atoms with Gasteiger partial charge in [-0.1, -0.05) is 17.4 Å². The molecule has 2 aromatic carbocycles. The number of para-hydroxylation sites is 1. The molecule has 142 valence electrons. The van der Waals surface area contributed by atoms with Crippen molar-refractivity contribution in [3.63, 3.8) is 0 Å². The van der Waals surface area contributed by atoms with Gasteiger partial charge in [-0.2, -0.15) is 5.10 Å². The summed E-state index contributed by atoms with van der Waals surface area (Å²) in [7, 11) is 3.16. The number of methoxy groups -OCH3 is 1. The second kappa shape index (κ2) is 7.01. The molecule has 0 atom stereocenters. The molecule has 0 radical (unpaired) electrons. The fraction of sp³-hybridized carbons (Fsp3) is 0.105. The predicted octanol–water partition coefficient (Wildman–Crippen LogP) is 4.24. The van der Waals surface area contributed by atoms with Crippen LogP contribution in [0.25, 0.3) is 21.5 Å². The average molecular weight is 400 g/mol. The molecule has 0 aliphatic carbocycles. The third-order valence-electron chi connectivity index (χ3n) is 4.08. The minimum Gasteiger partial charge on any atom is -0.494 e. The van der Waals surface area contributed by atoms with E-state index >= 15 is 0 Å². The van der Waals surface area contributed by atoms with Crippen molar-refractivity contribution in [2.45, 2.75) is 0 Å². The third kappa shape index (κ3) is 3.20. The largest absolute Gasteiger partial charge is 0.494 e.